The third-order valence-electron chi connectivity index (χ3n) is 3.60. The van der Waals surface area contributed by atoms with Crippen molar-refractivity contribution in [1.82, 2.24) is 0 Å². The van der Waals surface area contributed by atoms with Gasteiger partial charge >= 0.3 is 5.97 Å². The van der Waals surface area contributed by atoms with E-state index < -0.39 is 11.6 Å². The van der Waals surface area contributed by atoms with Crippen LogP contribution in [-0.4, -0.2) is 24.3 Å². The standard InChI is InChI=1S/C19H21BrO5/c1-4-23-15-10-16(24-5-2)12-17(11-15)25-19(3,18(21)22)13-6-8-14(20)9-7-13/h6-12H,4-5H2,1-3H3,(H,21,22). The highest BCUT2D eigenvalue weighted by atomic mass is 79.9. The maximum absolute atomic E-state index is 11.9. The van der Waals surface area contributed by atoms with E-state index in [9.17, 15) is 9.90 Å². The minimum atomic E-state index is -1.55. The number of hydrogen-bond donors (Lipinski definition) is 1. The molecule has 5 nitrogen and oxygen atoms in total. The second-order valence-electron chi connectivity index (χ2n) is 5.45. The Balaban J connectivity index is 2.41. The van der Waals surface area contributed by atoms with Crippen molar-refractivity contribution in [3.05, 3.63) is 52.5 Å². The predicted octanol–water partition coefficient (Wildman–Crippen LogP) is 4.63. The summed E-state index contributed by atoms with van der Waals surface area (Å²) in [4.78, 5) is 11.9. The number of halogens is 1. The molecule has 2 rings (SSSR count). The number of benzene rings is 2. The van der Waals surface area contributed by atoms with Crippen molar-refractivity contribution in [1.29, 1.82) is 0 Å². The van der Waals surface area contributed by atoms with E-state index in [0.29, 0.717) is 36.0 Å². The van der Waals surface area contributed by atoms with E-state index in [0.717, 1.165) is 4.47 Å². The summed E-state index contributed by atoms with van der Waals surface area (Å²) < 4.78 is 17.8. The molecule has 1 atom stereocenters. The first-order valence-corrected chi connectivity index (χ1v) is 8.77. The number of carbonyl (C=O) groups is 1. The summed E-state index contributed by atoms with van der Waals surface area (Å²) in [5.41, 5.74) is -1.02. The molecule has 0 aliphatic heterocycles. The molecular weight excluding hydrogens is 388 g/mol. The topological polar surface area (TPSA) is 65.0 Å². The maximum atomic E-state index is 11.9. The zero-order chi connectivity index (χ0) is 18.4. The molecule has 0 radical (unpaired) electrons. The Morgan fingerprint density at radius 2 is 1.48 bits per heavy atom. The Bertz CT molecular complexity index is 705. The van der Waals surface area contributed by atoms with Crippen LogP contribution in [0.1, 0.15) is 26.3 Å². The molecule has 0 bridgehead atoms. The highest BCUT2D eigenvalue weighted by Gasteiger charge is 2.38. The Labute approximate surface area is 155 Å². The fraction of sp³-hybridized carbons (Fsp3) is 0.316. The van der Waals surface area contributed by atoms with Crippen molar-refractivity contribution in [3.8, 4) is 17.2 Å². The number of ether oxygens (including phenoxy) is 3. The molecule has 0 aromatic heterocycles. The molecule has 1 unspecified atom stereocenters. The average molecular weight is 409 g/mol. The summed E-state index contributed by atoms with van der Waals surface area (Å²) in [5, 5.41) is 9.76. The Morgan fingerprint density at radius 1 is 1.00 bits per heavy atom. The number of rotatable bonds is 8. The van der Waals surface area contributed by atoms with Gasteiger partial charge in [0.25, 0.3) is 0 Å². The molecule has 0 aliphatic rings. The van der Waals surface area contributed by atoms with Gasteiger partial charge in [-0.05, 0) is 32.9 Å². The second kappa shape index (κ2) is 8.25. The lowest BCUT2D eigenvalue weighted by Gasteiger charge is -2.27. The molecule has 0 heterocycles. The van der Waals surface area contributed by atoms with Crippen molar-refractivity contribution in [2.45, 2.75) is 26.4 Å². The van der Waals surface area contributed by atoms with E-state index in [4.69, 9.17) is 14.2 Å². The molecule has 2 aromatic rings. The van der Waals surface area contributed by atoms with Crippen LogP contribution in [0.15, 0.2) is 46.9 Å². The quantitative estimate of drug-likeness (QED) is 0.689. The van der Waals surface area contributed by atoms with Gasteiger partial charge in [0, 0.05) is 28.2 Å². The van der Waals surface area contributed by atoms with E-state index in [2.05, 4.69) is 15.9 Å². The molecule has 0 saturated carbocycles. The van der Waals surface area contributed by atoms with E-state index in [1.165, 1.54) is 6.92 Å². The molecule has 1 N–H and O–H groups in total. The molecule has 0 amide bonds. The minimum absolute atomic E-state index is 0.363. The summed E-state index contributed by atoms with van der Waals surface area (Å²) in [7, 11) is 0. The minimum Gasteiger partial charge on any atom is -0.494 e. The lowest BCUT2D eigenvalue weighted by Crippen LogP contribution is -2.38. The first-order valence-electron chi connectivity index (χ1n) is 7.98. The van der Waals surface area contributed by atoms with Crippen LogP contribution in [0.25, 0.3) is 0 Å². The van der Waals surface area contributed by atoms with Gasteiger partial charge in [0.2, 0.25) is 5.60 Å². The molecule has 25 heavy (non-hydrogen) atoms. The lowest BCUT2D eigenvalue weighted by molar-refractivity contribution is -0.154. The van der Waals surface area contributed by atoms with Crippen molar-refractivity contribution < 1.29 is 24.1 Å². The number of hydrogen-bond acceptors (Lipinski definition) is 4. The Kier molecular flexibility index (Phi) is 6.31. The van der Waals surface area contributed by atoms with Crippen LogP contribution in [0.5, 0.6) is 17.2 Å². The summed E-state index contributed by atoms with van der Waals surface area (Å²) in [6.07, 6.45) is 0. The van der Waals surface area contributed by atoms with Gasteiger partial charge in [-0.25, -0.2) is 4.79 Å². The highest BCUT2D eigenvalue weighted by molar-refractivity contribution is 9.10. The molecule has 0 aliphatic carbocycles. The van der Waals surface area contributed by atoms with Crippen LogP contribution in [0, 0.1) is 0 Å². The summed E-state index contributed by atoms with van der Waals surface area (Å²) in [5.74, 6) is 0.399. The molecule has 2 aromatic carbocycles. The third-order valence-corrected chi connectivity index (χ3v) is 4.13. The fourth-order valence-electron chi connectivity index (χ4n) is 2.33. The van der Waals surface area contributed by atoms with Crippen LogP contribution >= 0.6 is 15.9 Å². The van der Waals surface area contributed by atoms with E-state index in [1.807, 2.05) is 13.8 Å². The average Bonchev–Trinajstić information content (AvgIpc) is 2.55. The highest BCUT2D eigenvalue weighted by Crippen LogP contribution is 2.34. The van der Waals surface area contributed by atoms with E-state index in [1.54, 1.807) is 42.5 Å². The van der Waals surface area contributed by atoms with Crippen LogP contribution in [0.2, 0.25) is 0 Å². The second-order valence-corrected chi connectivity index (χ2v) is 6.37. The van der Waals surface area contributed by atoms with Gasteiger partial charge in [-0.15, -0.1) is 0 Å². The normalized spacial score (nSPS) is 13.0. The molecule has 0 spiro atoms. The predicted molar refractivity (Wildman–Crippen MR) is 98.5 cm³/mol. The number of carboxylic acids is 1. The van der Waals surface area contributed by atoms with E-state index in [-0.39, 0.29) is 0 Å². The van der Waals surface area contributed by atoms with Gasteiger partial charge in [-0.2, -0.15) is 0 Å². The lowest BCUT2D eigenvalue weighted by atomic mass is 9.96. The van der Waals surface area contributed by atoms with Gasteiger partial charge in [0.05, 0.1) is 13.2 Å². The van der Waals surface area contributed by atoms with Gasteiger partial charge in [0.15, 0.2) is 0 Å². The van der Waals surface area contributed by atoms with Crippen molar-refractivity contribution in [3.63, 3.8) is 0 Å². The largest absolute Gasteiger partial charge is 0.494 e. The van der Waals surface area contributed by atoms with Crippen molar-refractivity contribution >= 4 is 21.9 Å². The van der Waals surface area contributed by atoms with Gasteiger partial charge in [0.1, 0.15) is 17.2 Å². The zero-order valence-corrected chi connectivity index (χ0v) is 16.0. The van der Waals surface area contributed by atoms with E-state index >= 15 is 0 Å². The fourth-order valence-corrected chi connectivity index (χ4v) is 2.60. The summed E-state index contributed by atoms with van der Waals surface area (Å²) in [6.45, 7) is 6.23. The van der Waals surface area contributed by atoms with Crippen LogP contribution in [0.4, 0.5) is 0 Å². The Hall–Kier alpha value is -2.21. The van der Waals surface area contributed by atoms with Crippen LogP contribution < -0.4 is 14.2 Å². The molecule has 0 fully saturated rings. The van der Waals surface area contributed by atoms with Gasteiger partial charge in [-0.3, -0.25) is 0 Å². The van der Waals surface area contributed by atoms with Crippen LogP contribution in [0.3, 0.4) is 0 Å². The maximum Gasteiger partial charge on any atom is 0.352 e. The Morgan fingerprint density at radius 3 is 1.92 bits per heavy atom. The molecule has 6 heteroatoms. The third kappa shape index (κ3) is 4.66. The first-order chi connectivity index (χ1) is 11.9. The van der Waals surface area contributed by atoms with Crippen molar-refractivity contribution in [2.24, 2.45) is 0 Å². The molecular formula is C19H21BrO5. The molecule has 0 saturated heterocycles. The van der Waals surface area contributed by atoms with Crippen molar-refractivity contribution in [2.75, 3.05) is 13.2 Å². The molecule has 134 valence electrons. The monoisotopic (exact) mass is 408 g/mol. The number of carboxylic acid groups (broad SMARTS) is 1. The number of aliphatic carboxylic acids is 1. The van der Waals surface area contributed by atoms with Gasteiger partial charge in [-0.1, -0.05) is 28.1 Å². The zero-order valence-electron chi connectivity index (χ0n) is 14.4. The smallest absolute Gasteiger partial charge is 0.352 e. The summed E-state index contributed by atoms with van der Waals surface area (Å²) in [6, 6.07) is 12.1. The first kappa shape index (κ1) is 19.1. The SMILES string of the molecule is CCOc1cc(OCC)cc(OC(C)(C(=O)O)c2ccc(Br)cc2)c1. The summed E-state index contributed by atoms with van der Waals surface area (Å²) >= 11 is 3.35. The van der Waals surface area contributed by atoms with Crippen LogP contribution in [-0.2, 0) is 10.4 Å². The van der Waals surface area contributed by atoms with Gasteiger partial charge < -0.3 is 19.3 Å².